The normalized spacial score (nSPS) is 15.3. The number of nitrogens with one attached hydrogen (secondary N) is 1. The van der Waals surface area contributed by atoms with Crippen LogP contribution >= 0.6 is 0 Å². The molecule has 0 spiro atoms. The van der Waals surface area contributed by atoms with Crippen molar-refractivity contribution in [3.05, 3.63) is 59.9 Å². The van der Waals surface area contributed by atoms with Crippen molar-refractivity contribution in [3.63, 3.8) is 0 Å². The molecule has 1 fully saturated rings. The second kappa shape index (κ2) is 16.8. The van der Waals surface area contributed by atoms with Gasteiger partial charge >= 0.3 is 0 Å². The SMILES string of the molecule is CC(CN(N=C=O)C1CCOCC1)NCC(O)COc1ccc(OCCOCCc2ccc(F)cc2)cc1. The van der Waals surface area contributed by atoms with Gasteiger partial charge in [-0.2, -0.15) is 0 Å². The van der Waals surface area contributed by atoms with E-state index in [4.69, 9.17) is 18.9 Å². The molecule has 0 amide bonds. The number of aliphatic hydroxyl groups is 1. The number of carbonyl (C=O) groups excluding carboxylic acids is 1. The molecule has 1 heterocycles. The first kappa shape index (κ1) is 29.5. The maximum absolute atomic E-state index is 12.9. The number of benzene rings is 2. The van der Waals surface area contributed by atoms with E-state index < -0.39 is 6.10 Å². The first-order chi connectivity index (χ1) is 18.5. The monoisotopic (exact) mass is 531 g/mol. The highest BCUT2D eigenvalue weighted by molar-refractivity contribution is 5.32. The summed E-state index contributed by atoms with van der Waals surface area (Å²) in [4.78, 5) is 10.8. The van der Waals surface area contributed by atoms with E-state index in [2.05, 4.69) is 10.4 Å². The van der Waals surface area contributed by atoms with Crippen molar-refractivity contribution in [2.45, 2.75) is 44.4 Å². The van der Waals surface area contributed by atoms with Crippen LogP contribution < -0.4 is 14.8 Å². The summed E-state index contributed by atoms with van der Waals surface area (Å²) in [6.45, 7) is 5.72. The molecule has 0 bridgehead atoms. The molecule has 2 aromatic rings. The number of isocyanates is 1. The quantitative estimate of drug-likeness (QED) is 0.139. The fourth-order valence-corrected chi connectivity index (χ4v) is 4.03. The Morgan fingerprint density at radius 1 is 1.08 bits per heavy atom. The van der Waals surface area contributed by atoms with E-state index in [0.717, 1.165) is 24.8 Å². The van der Waals surface area contributed by atoms with E-state index in [1.807, 2.05) is 6.92 Å². The Morgan fingerprint density at radius 2 is 1.76 bits per heavy atom. The van der Waals surface area contributed by atoms with E-state index in [9.17, 15) is 14.3 Å². The van der Waals surface area contributed by atoms with Gasteiger partial charge in [0.1, 0.15) is 36.6 Å². The highest BCUT2D eigenvalue weighted by Crippen LogP contribution is 2.18. The maximum Gasteiger partial charge on any atom is 0.258 e. The van der Waals surface area contributed by atoms with Crippen LogP contribution in [0.15, 0.2) is 53.6 Å². The number of aliphatic hydroxyl groups excluding tert-OH is 1. The minimum atomic E-state index is -0.702. The molecule has 208 valence electrons. The second-order valence-corrected chi connectivity index (χ2v) is 9.24. The van der Waals surface area contributed by atoms with Crippen LogP contribution in [0.2, 0.25) is 0 Å². The van der Waals surface area contributed by atoms with Crippen molar-refractivity contribution >= 4 is 6.08 Å². The van der Waals surface area contributed by atoms with Gasteiger partial charge in [-0.3, -0.25) is 5.01 Å². The van der Waals surface area contributed by atoms with E-state index in [1.54, 1.807) is 47.5 Å². The summed E-state index contributed by atoms with van der Waals surface area (Å²) >= 11 is 0. The molecule has 38 heavy (non-hydrogen) atoms. The highest BCUT2D eigenvalue weighted by atomic mass is 19.1. The minimum Gasteiger partial charge on any atom is -0.491 e. The van der Waals surface area contributed by atoms with Crippen molar-refractivity contribution in [3.8, 4) is 11.5 Å². The lowest BCUT2D eigenvalue weighted by atomic mass is 10.1. The third kappa shape index (κ3) is 11.2. The molecule has 10 heteroatoms. The third-order valence-corrected chi connectivity index (χ3v) is 6.16. The summed E-state index contributed by atoms with van der Waals surface area (Å²) in [5, 5.41) is 19.2. The first-order valence-corrected chi connectivity index (χ1v) is 13.0. The molecule has 2 atom stereocenters. The molecule has 9 nitrogen and oxygen atoms in total. The Bertz CT molecular complexity index is 966. The lowest BCUT2D eigenvalue weighted by Gasteiger charge is -2.33. The van der Waals surface area contributed by atoms with Gasteiger partial charge in [0.05, 0.1) is 25.8 Å². The maximum atomic E-state index is 12.9. The van der Waals surface area contributed by atoms with Gasteiger partial charge in [0, 0.05) is 25.8 Å². The number of halogens is 1. The van der Waals surface area contributed by atoms with E-state index in [1.165, 1.54) is 12.1 Å². The van der Waals surface area contributed by atoms with Gasteiger partial charge in [-0.1, -0.05) is 17.2 Å². The van der Waals surface area contributed by atoms with Crippen LogP contribution in [0.5, 0.6) is 11.5 Å². The third-order valence-electron chi connectivity index (χ3n) is 6.16. The smallest absolute Gasteiger partial charge is 0.258 e. The van der Waals surface area contributed by atoms with Gasteiger partial charge < -0.3 is 29.4 Å². The van der Waals surface area contributed by atoms with E-state index in [-0.39, 0.29) is 24.5 Å². The Kier molecular flexibility index (Phi) is 13.0. The minimum absolute atomic E-state index is 0.00733. The number of hydrogen-bond acceptors (Lipinski definition) is 9. The van der Waals surface area contributed by atoms with Crippen LogP contribution in [-0.4, -0.2) is 87.1 Å². The van der Waals surface area contributed by atoms with Gasteiger partial charge in [0.15, 0.2) is 0 Å². The Hall–Kier alpha value is -3.01. The molecule has 3 rings (SSSR count). The zero-order chi connectivity index (χ0) is 27.0. The number of hydrogen-bond donors (Lipinski definition) is 2. The number of hydrazone groups is 1. The van der Waals surface area contributed by atoms with Crippen molar-refractivity contribution in [1.82, 2.24) is 10.3 Å². The predicted octanol–water partition coefficient (Wildman–Crippen LogP) is 2.91. The van der Waals surface area contributed by atoms with Crippen LogP contribution in [0, 0.1) is 5.82 Å². The fourth-order valence-electron chi connectivity index (χ4n) is 4.03. The molecule has 1 aliphatic rings. The molecule has 1 saturated heterocycles. The highest BCUT2D eigenvalue weighted by Gasteiger charge is 2.22. The van der Waals surface area contributed by atoms with Crippen molar-refractivity contribution in [2.75, 3.05) is 52.7 Å². The van der Waals surface area contributed by atoms with Gasteiger partial charge in [0.25, 0.3) is 6.08 Å². The Labute approximate surface area is 223 Å². The Morgan fingerprint density at radius 3 is 2.45 bits per heavy atom. The summed E-state index contributed by atoms with van der Waals surface area (Å²) in [5.41, 5.74) is 1.03. The van der Waals surface area contributed by atoms with Crippen LogP contribution in [0.3, 0.4) is 0 Å². The first-order valence-electron chi connectivity index (χ1n) is 13.0. The number of rotatable bonds is 17. The van der Waals surface area contributed by atoms with E-state index >= 15 is 0 Å². The molecule has 0 aromatic heterocycles. The van der Waals surface area contributed by atoms with Gasteiger partial charge in [-0.25, -0.2) is 9.18 Å². The number of nitrogens with zero attached hydrogens (tertiary/aromatic N) is 2. The second-order valence-electron chi connectivity index (χ2n) is 9.24. The standard InChI is InChI=1S/C28H38FN3O6/c1-22(19-32(31-21-33)25-11-14-35-15-12-25)30-18-26(34)20-38-28-8-6-27(7-9-28)37-17-16-36-13-10-23-2-4-24(29)5-3-23/h2-9,22,25-26,30,34H,10-20H2,1H3. The predicted molar refractivity (Wildman–Crippen MR) is 140 cm³/mol. The van der Waals surface area contributed by atoms with Crippen LogP contribution in [0.1, 0.15) is 25.3 Å². The molecule has 0 saturated carbocycles. The largest absolute Gasteiger partial charge is 0.491 e. The molecule has 2 unspecified atom stereocenters. The molecular formula is C28H38FN3O6. The van der Waals surface area contributed by atoms with Crippen molar-refractivity contribution < 1.29 is 33.2 Å². The summed E-state index contributed by atoms with van der Waals surface area (Å²) in [5.74, 6) is 1.09. The summed E-state index contributed by atoms with van der Waals surface area (Å²) in [7, 11) is 0. The average molecular weight is 532 g/mol. The van der Waals surface area contributed by atoms with Crippen LogP contribution in [0.4, 0.5) is 4.39 Å². The van der Waals surface area contributed by atoms with Crippen molar-refractivity contribution in [2.24, 2.45) is 5.10 Å². The summed E-state index contributed by atoms with van der Waals surface area (Å²) in [6, 6.07) is 13.8. The van der Waals surface area contributed by atoms with Crippen LogP contribution in [-0.2, 0) is 20.7 Å². The Balaban J connectivity index is 1.26. The molecule has 0 aliphatic carbocycles. The van der Waals surface area contributed by atoms with Gasteiger partial charge in [0.2, 0.25) is 0 Å². The number of ether oxygens (including phenoxy) is 4. The van der Waals surface area contributed by atoms with Gasteiger partial charge in [-0.05, 0) is 68.1 Å². The fraction of sp³-hybridized carbons (Fsp3) is 0.536. The van der Waals surface area contributed by atoms with Crippen LogP contribution in [0.25, 0.3) is 0 Å². The lowest BCUT2D eigenvalue weighted by Crippen LogP contribution is -2.45. The summed E-state index contributed by atoms with van der Waals surface area (Å²) < 4.78 is 35.2. The molecule has 0 radical (unpaired) electrons. The topological polar surface area (TPSA) is 102 Å². The molecule has 1 aliphatic heterocycles. The molecule has 2 N–H and O–H groups in total. The van der Waals surface area contributed by atoms with E-state index in [0.29, 0.717) is 57.6 Å². The molecule has 2 aromatic carbocycles. The zero-order valence-electron chi connectivity index (χ0n) is 21.9. The average Bonchev–Trinajstić information content (AvgIpc) is 2.94. The zero-order valence-corrected chi connectivity index (χ0v) is 21.9. The van der Waals surface area contributed by atoms with Crippen molar-refractivity contribution in [1.29, 1.82) is 0 Å². The lowest BCUT2D eigenvalue weighted by molar-refractivity contribution is 0.0312. The van der Waals surface area contributed by atoms with Gasteiger partial charge in [-0.15, -0.1) is 0 Å². The summed E-state index contributed by atoms with van der Waals surface area (Å²) in [6.07, 6.45) is 3.31. The molecular weight excluding hydrogens is 493 g/mol.